The minimum absolute atomic E-state index is 0.129. The maximum atomic E-state index is 9.90. The Morgan fingerprint density at radius 2 is 2.08 bits per heavy atom. The molecule has 74 valence electrons. The first-order valence-corrected chi connectivity index (χ1v) is 4.58. The lowest BCUT2D eigenvalue weighted by atomic mass is 9.88. The molecular weight excluding hydrogens is 154 g/mol. The summed E-state index contributed by atoms with van der Waals surface area (Å²) in [6, 6.07) is 0. The van der Waals surface area contributed by atoms with Crippen molar-refractivity contribution in [3.05, 3.63) is 0 Å². The summed E-state index contributed by atoms with van der Waals surface area (Å²) in [6.07, 6.45) is 0.885. The zero-order chi connectivity index (χ0) is 9.61. The second kappa shape index (κ2) is 5.51. The minimum Gasteiger partial charge on any atom is -0.387 e. The van der Waals surface area contributed by atoms with Crippen LogP contribution in [0.2, 0.25) is 0 Å². The molecule has 0 aromatic rings. The molecule has 0 fully saturated rings. The Labute approximate surface area is 74.9 Å². The van der Waals surface area contributed by atoms with E-state index in [-0.39, 0.29) is 5.92 Å². The van der Waals surface area contributed by atoms with Gasteiger partial charge < -0.3 is 15.6 Å². The number of nitrogens with two attached hydrogens (primary N) is 1. The van der Waals surface area contributed by atoms with Crippen LogP contribution in [0.15, 0.2) is 0 Å². The smallest absolute Gasteiger partial charge is 0.0892 e. The molecule has 0 bridgehead atoms. The van der Waals surface area contributed by atoms with Gasteiger partial charge in [0.15, 0.2) is 0 Å². The first-order valence-electron chi connectivity index (χ1n) is 4.58. The Bertz CT molecular complexity index is 111. The molecule has 3 N–H and O–H groups in total. The SMILES string of the molecule is CCOCC(C)(O)C(CC)CN. The lowest BCUT2D eigenvalue weighted by Gasteiger charge is -2.30. The summed E-state index contributed by atoms with van der Waals surface area (Å²) in [7, 11) is 0. The normalized spacial score (nSPS) is 18.8. The Hall–Kier alpha value is -0.120. The fourth-order valence-electron chi connectivity index (χ4n) is 1.29. The number of aliphatic hydroxyl groups is 1. The Morgan fingerprint density at radius 3 is 2.42 bits per heavy atom. The summed E-state index contributed by atoms with van der Waals surface area (Å²) in [5.41, 5.74) is 4.75. The lowest BCUT2D eigenvalue weighted by molar-refractivity contribution is -0.0682. The van der Waals surface area contributed by atoms with E-state index in [0.29, 0.717) is 19.8 Å². The Morgan fingerprint density at radius 1 is 1.50 bits per heavy atom. The van der Waals surface area contributed by atoms with Gasteiger partial charge in [-0.3, -0.25) is 0 Å². The van der Waals surface area contributed by atoms with Crippen molar-refractivity contribution in [1.82, 2.24) is 0 Å². The molecule has 0 amide bonds. The van der Waals surface area contributed by atoms with Gasteiger partial charge in [0.25, 0.3) is 0 Å². The molecular formula is C9H21NO2. The van der Waals surface area contributed by atoms with Crippen molar-refractivity contribution < 1.29 is 9.84 Å². The van der Waals surface area contributed by atoms with Gasteiger partial charge >= 0.3 is 0 Å². The van der Waals surface area contributed by atoms with Crippen LogP contribution in [0.1, 0.15) is 27.2 Å². The second-order valence-electron chi connectivity index (χ2n) is 3.34. The maximum absolute atomic E-state index is 9.90. The minimum atomic E-state index is -0.778. The van der Waals surface area contributed by atoms with Crippen molar-refractivity contribution in [3.8, 4) is 0 Å². The van der Waals surface area contributed by atoms with E-state index in [4.69, 9.17) is 10.5 Å². The number of hydrogen-bond acceptors (Lipinski definition) is 3. The Kier molecular flexibility index (Phi) is 5.46. The van der Waals surface area contributed by atoms with Crippen molar-refractivity contribution in [2.24, 2.45) is 11.7 Å². The molecule has 3 heteroatoms. The van der Waals surface area contributed by atoms with Crippen LogP contribution in [-0.2, 0) is 4.74 Å². The third-order valence-electron chi connectivity index (χ3n) is 2.26. The first-order chi connectivity index (χ1) is 5.58. The number of hydrogen-bond donors (Lipinski definition) is 2. The molecule has 0 heterocycles. The Balaban J connectivity index is 3.96. The molecule has 3 nitrogen and oxygen atoms in total. The highest BCUT2D eigenvalue weighted by Gasteiger charge is 2.29. The molecule has 0 aromatic carbocycles. The van der Waals surface area contributed by atoms with Crippen LogP contribution in [0.4, 0.5) is 0 Å². The number of ether oxygens (including phenoxy) is 1. The average molecular weight is 175 g/mol. The van der Waals surface area contributed by atoms with Gasteiger partial charge in [-0.15, -0.1) is 0 Å². The third kappa shape index (κ3) is 3.52. The molecule has 0 saturated carbocycles. The van der Waals surface area contributed by atoms with Crippen LogP contribution < -0.4 is 5.73 Å². The first kappa shape index (κ1) is 11.9. The van der Waals surface area contributed by atoms with Gasteiger partial charge in [-0.25, -0.2) is 0 Å². The predicted molar refractivity (Wildman–Crippen MR) is 50.0 cm³/mol. The van der Waals surface area contributed by atoms with E-state index in [0.717, 1.165) is 6.42 Å². The van der Waals surface area contributed by atoms with E-state index >= 15 is 0 Å². The largest absolute Gasteiger partial charge is 0.387 e. The molecule has 0 aliphatic carbocycles. The van der Waals surface area contributed by atoms with E-state index in [1.807, 2.05) is 13.8 Å². The molecule has 0 saturated heterocycles. The van der Waals surface area contributed by atoms with Gasteiger partial charge in [0.05, 0.1) is 12.2 Å². The van der Waals surface area contributed by atoms with E-state index in [1.54, 1.807) is 6.92 Å². The van der Waals surface area contributed by atoms with Crippen molar-refractivity contribution >= 4 is 0 Å². The van der Waals surface area contributed by atoms with Gasteiger partial charge in [-0.1, -0.05) is 6.92 Å². The quantitative estimate of drug-likeness (QED) is 0.626. The third-order valence-corrected chi connectivity index (χ3v) is 2.26. The topological polar surface area (TPSA) is 55.5 Å². The van der Waals surface area contributed by atoms with Gasteiger partial charge in [-0.2, -0.15) is 0 Å². The fraction of sp³-hybridized carbons (Fsp3) is 1.00. The van der Waals surface area contributed by atoms with Crippen molar-refractivity contribution in [2.45, 2.75) is 32.8 Å². The van der Waals surface area contributed by atoms with E-state index in [1.165, 1.54) is 0 Å². The van der Waals surface area contributed by atoms with Crippen molar-refractivity contribution in [1.29, 1.82) is 0 Å². The van der Waals surface area contributed by atoms with Crippen LogP contribution in [-0.4, -0.2) is 30.5 Å². The summed E-state index contributed by atoms with van der Waals surface area (Å²) in [6.45, 7) is 7.24. The molecule has 0 rings (SSSR count). The van der Waals surface area contributed by atoms with Crippen molar-refractivity contribution in [2.75, 3.05) is 19.8 Å². The zero-order valence-electron chi connectivity index (χ0n) is 8.34. The zero-order valence-corrected chi connectivity index (χ0v) is 8.34. The maximum Gasteiger partial charge on any atom is 0.0892 e. The summed E-state index contributed by atoms with van der Waals surface area (Å²) >= 11 is 0. The van der Waals surface area contributed by atoms with Crippen LogP contribution in [0.3, 0.4) is 0 Å². The molecule has 0 aliphatic heterocycles. The van der Waals surface area contributed by atoms with Crippen LogP contribution in [0, 0.1) is 5.92 Å². The summed E-state index contributed by atoms with van der Waals surface area (Å²) in [5.74, 6) is 0.129. The highest BCUT2D eigenvalue weighted by molar-refractivity contribution is 4.81. The van der Waals surface area contributed by atoms with Crippen LogP contribution >= 0.6 is 0 Å². The molecule has 2 atom stereocenters. The second-order valence-corrected chi connectivity index (χ2v) is 3.34. The van der Waals surface area contributed by atoms with Crippen molar-refractivity contribution in [3.63, 3.8) is 0 Å². The standard InChI is InChI=1S/C9H21NO2/c1-4-8(6-10)9(3,11)7-12-5-2/h8,11H,4-7,10H2,1-3H3. The van der Waals surface area contributed by atoms with Crippen LogP contribution in [0.25, 0.3) is 0 Å². The lowest BCUT2D eigenvalue weighted by Crippen LogP contribution is -2.42. The van der Waals surface area contributed by atoms with Gasteiger partial charge in [0.2, 0.25) is 0 Å². The monoisotopic (exact) mass is 175 g/mol. The molecule has 0 aliphatic rings. The van der Waals surface area contributed by atoms with Gasteiger partial charge in [0, 0.05) is 12.5 Å². The molecule has 0 radical (unpaired) electrons. The molecule has 0 spiro atoms. The average Bonchev–Trinajstić information content (AvgIpc) is 2.03. The predicted octanol–water partition coefficient (Wildman–Crippen LogP) is 0.759. The van der Waals surface area contributed by atoms with Gasteiger partial charge in [-0.05, 0) is 26.8 Å². The molecule has 12 heavy (non-hydrogen) atoms. The highest BCUT2D eigenvalue weighted by atomic mass is 16.5. The highest BCUT2D eigenvalue weighted by Crippen LogP contribution is 2.19. The van der Waals surface area contributed by atoms with Crippen LogP contribution in [0.5, 0.6) is 0 Å². The molecule has 0 aromatic heterocycles. The summed E-state index contributed by atoms with van der Waals surface area (Å²) in [5, 5.41) is 9.90. The molecule has 2 unspecified atom stereocenters. The number of rotatable bonds is 6. The van der Waals surface area contributed by atoms with E-state index in [2.05, 4.69) is 0 Å². The fourth-order valence-corrected chi connectivity index (χ4v) is 1.29. The van der Waals surface area contributed by atoms with E-state index < -0.39 is 5.60 Å². The summed E-state index contributed by atoms with van der Waals surface area (Å²) < 4.78 is 5.18. The summed E-state index contributed by atoms with van der Waals surface area (Å²) in [4.78, 5) is 0. The van der Waals surface area contributed by atoms with Gasteiger partial charge in [0.1, 0.15) is 0 Å². The van der Waals surface area contributed by atoms with E-state index in [9.17, 15) is 5.11 Å².